The van der Waals surface area contributed by atoms with Gasteiger partial charge in [-0.3, -0.25) is 4.79 Å². The van der Waals surface area contributed by atoms with E-state index in [0.29, 0.717) is 5.13 Å². The molecule has 0 atom stereocenters. The number of amides is 1. The number of nitrogens with one attached hydrogen (secondary N) is 1. The molecule has 0 saturated carbocycles. The number of benzene rings is 1. The third kappa shape index (κ3) is 4.20. The summed E-state index contributed by atoms with van der Waals surface area (Å²) < 4.78 is 0. The van der Waals surface area contributed by atoms with Gasteiger partial charge >= 0.3 is 0 Å². The van der Waals surface area contributed by atoms with Gasteiger partial charge in [0.05, 0.1) is 5.69 Å². The van der Waals surface area contributed by atoms with Crippen molar-refractivity contribution < 1.29 is 4.79 Å². The fourth-order valence-corrected chi connectivity index (χ4v) is 3.09. The first-order valence-corrected chi connectivity index (χ1v) is 8.73. The average Bonchev–Trinajstić information content (AvgIpc) is 3.08. The van der Waals surface area contributed by atoms with Crippen molar-refractivity contribution in [2.45, 2.75) is 13.8 Å². The Morgan fingerprint density at radius 1 is 1.19 bits per heavy atom. The zero-order valence-electron chi connectivity index (χ0n) is 14.3. The van der Waals surface area contributed by atoms with Gasteiger partial charge in [0.15, 0.2) is 11.3 Å². The molecule has 130 valence electrons. The predicted octanol–water partition coefficient (Wildman–Crippen LogP) is 3.14. The summed E-state index contributed by atoms with van der Waals surface area (Å²) in [5.74, 6) is -0.146. The molecule has 0 bridgehead atoms. The highest BCUT2D eigenvalue weighted by atomic mass is 32.1. The van der Waals surface area contributed by atoms with E-state index in [4.69, 9.17) is 0 Å². The highest BCUT2D eigenvalue weighted by Crippen LogP contribution is 2.24. The molecule has 1 aromatic carbocycles. The molecule has 0 unspecified atom stereocenters. The van der Waals surface area contributed by atoms with Crippen LogP contribution in [0.4, 0.5) is 11.1 Å². The minimum atomic E-state index is -0.358. The van der Waals surface area contributed by atoms with Crippen LogP contribution in [0.3, 0.4) is 0 Å². The molecule has 0 aliphatic carbocycles. The van der Waals surface area contributed by atoms with Crippen LogP contribution in [-0.4, -0.2) is 27.4 Å². The highest BCUT2D eigenvalue weighted by Gasteiger charge is 2.16. The second kappa shape index (κ2) is 7.72. The van der Waals surface area contributed by atoms with E-state index in [9.17, 15) is 10.1 Å². The Kier molecular flexibility index (Phi) is 5.20. The summed E-state index contributed by atoms with van der Waals surface area (Å²) in [6, 6.07) is 11.5. The molecule has 0 saturated heterocycles. The van der Waals surface area contributed by atoms with Crippen molar-refractivity contribution in [3.8, 4) is 17.5 Å². The number of hydrogen-bond donors (Lipinski definition) is 1. The summed E-state index contributed by atoms with van der Waals surface area (Å²) in [5.41, 5.74) is 3.24. The molecule has 0 aliphatic heterocycles. The highest BCUT2D eigenvalue weighted by molar-refractivity contribution is 7.14. The lowest BCUT2D eigenvalue weighted by molar-refractivity contribution is -0.114. The van der Waals surface area contributed by atoms with Crippen LogP contribution in [0.1, 0.15) is 11.4 Å². The van der Waals surface area contributed by atoms with Gasteiger partial charge in [-0.15, -0.1) is 11.3 Å². The monoisotopic (exact) mass is 364 g/mol. The number of nitrogens with zero attached hydrogens (tertiary/aromatic N) is 5. The molecule has 2 aromatic heterocycles. The minimum absolute atomic E-state index is 0.181. The molecule has 8 heteroatoms. The summed E-state index contributed by atoms with van der Waals surface area (Å²) in [5, 5.41) is 14.4. The van der Waals surface area contributed by atoms with Gasteiger partial charge in [0.1, 0.15) is 6.54 Å². The molecular weight excluding hydrogens is 348 g/mol. The summed E-state index contributed by atoms with van der Waals surface area (Å²) in [7, 11) is 0. The van der Waals surface area contributed by atoms with Crippen LogP contribution in [0.5, 0.6) is 0 Å². The number of aryl methyl sites for hydroxylation is 2. The molecular formula is C18H16N6OS. The maximum atomic E-state index is 12.3. The molecule has 3 aromatic rings. The second-order valence-electron chi connectivity index (χ2n) is 5.59. The third-order valence-corrected chi connectivity index (χ3v) is 4.21. The molecule has 1 amide bonds. The molecule has 3 rings (SSSR count). The third-order valence-electron chi connectivity index (χ3n) is 3.45. The van der Waals surface area contributed by atoms with Gasteiger partial charge in [0.2, 0.25) is 11.9 Å². The lowest BCUT2D eigenvalue weighted by Gasteiger charge is -2.13. The van der Waals surface area contributed by atoms with E-state index in [1.807, 2.05) is 55.8 Å². The van der Waals surface area contributed by atoms with E-state index in [-0.39, 0.29) is 18.4 Å². The van der Waals surface area contributed by atoms with Crippen LogP contribution in [-0.2, 0) is 4.79 Å². The lowest BCUT2D eigenvalue weighted by atomic mass is 10.2. The largest absolute Gasteiger partial charge is 0.300 e. The van der Waals surface area contributed by atoms with Crippen molar-refractivity contribution in [2.24, 2.45) is 0 Å². The van der Waals surface area contributed by atoms with Crippen LogP contribution in [0, 0.1) is 25.3 Å². The van der Waals surface area contributed by atoms with Gasteiger partial charge in [0.25, 0.3) is 0 Å². The van der Waals surface area contributed by atoms with Crippen LogP contribution in [0.25, 0.3) is 11.3 Å². The Balaban J connectivity index is 1.68. The summed E-state index contributed by atoms with van der Waals surface area (Å²) in [4.78, 5) is 26.3. The molecule has 0 aliphatic rings. The topological polar surface area (TPSA) is 94.8 Å². The Hall–Kier alpha value is -3.31. The Morgan fingerprint density at radius 3 is 2.54 bits per heavy atom. The van der Waals surface area contributed by atoms with E-state index in [1.165, 1.54) is 11.3 Å². The number of anilines is 2. The normalized spacial score (nSPS) is 10.2. The minimum Gasteiger partial charge on any atom is -0.300 e. The number of nitriles is 1. The SMILES string of the molecule is Cc1cc(C)nc(N(C#N)CC(=O)Nc2nc(-c3ccccc3)cs2)n1. The molecule has 7 nitrogen and oxygen atoms in total. The first kappa shape index (κ1) is 17.5. The number of rotatable bonds is 5. The number of hydrogen-bond acceptors (Lipinski definition) is 7. The molecule has 0 fully saturated rings. The molecule has 1 N–H and O–H groups in total. The predicted molar refractivity (Wildman–Crippen MR) is 101 cm³/mol. The first-order valence-electron chi connectivity index (χ1n) is 7.85. The molecule has 26 heavy (non-hydrogen) atoms. The van der Waals surface area contributed by atoms with E-state index in [0.717, 1.165) is 27.5 Å². The van der Waals surface area contributed by atoms with Crippen molar-refractivity contribution in [3.63, 3.8) is 0 Å². The average molecular weight is 364 g/mol. The van der Waals surface area contributed by atoms with Crippen LogP contribution in [0.2, 0.25) is 0 Å². The Labute approximate surface area is 155 Å². The molecule has 0 spiro atoms. The van der Waals surface area contributed by atoms with Gasteiger partial charge in [-0.2, -0.15) is 5.26 Å². The van der Waals surface area contributed by atoms with Gasteiger partial charge in [-0.05, 0) is 19.9 Å². The second-order valence-corrected chi connectivity index (χ2v) is 6.45. The van der Waals surface area contributed by atoms with Crippen molar-refractivity contribution in [1.29, 1.82) is 5.26 Å². The Bertz CT molecular complexity index is 943. The van der Waals surface area contributed by atoms with Crippen molar-refractivity contribution in [3.05, 3.63) is 53.2 Å². The quantitative estimate of drug-likeness (QED) is 0.552. The van der Waals surface area contributed by atoms with Crippen LogP contribution in [0.15, 0.2) is 41.8 Å². The van der Waals surface area contributed by atoms with E-state index < -0.39 is 0 Å². The number of aromatic nitrogens is 3. The number of thiazole rings is 1. The summed E-state index contributed by atoms with van der Waals surface area (Å²) >= 11 is 1.33. The fraction of sp³-hybridized carbons (Fsp3) is 0.167. The zero-order chi connectivity index (χ0) is 18.5. The zero-order valence-corrected chi connectivity index (χ0v) is 15.1. The van der Waals surface area contributed by atoms with Crippen LogP contribution < -0.4 is 10.2 Å². The van der Waals surface area contributed by atoms with Gasteiger partial charge < -0.3 is 5.32 Å². The smallest absolute Gasteiger partial charge is 0.247 e. The molecule has 2 heterocycles. The van der Waals surface area contributed by atoms with E-state index in [1.54, 1.807) is 6.07 Å². The summed E-state index contributed by atoms with van der Waals surface area (Å²) in [6.45, 7) is 3.45. The van der Waals surface area contributed by atoms with Gasteiger partial charge in [0, 0.05) is 22.3 Å². The maximum Gasteiger partial charge on any atom is 0.247 e. The summed E-state index contributed by atoms with van der Waals surface area (Å²) in [6.07, 6.45) is 1.95. The van der Waals surface area contributed by atoms with Gasteiger partial charge in [-0.25, -0.2) is 19.9 Å². The van der Waals surface area contributed by atoms with E-state index >= 15 is 0 Å². The fourth-order valence-electron chi connectivity index (χ4n) is 2.35. The maximum absolute atomic E-state index is 12.3. The number of carbonyl (C=O) groups is 1. The first-order chi connectivity index (χ1) is 12.5. The van der Waals surface area contributed by atoms with Crippen molar-refractivity contribution in [1.82, 2.24) is 15.0 Å². The standard InChI is InChI=1S/C18H16N6OS/c1-12-8-13(2)21-17(20-12)24(11-19)9-16(25)23-18-22-15(10-26-18)14-6-4-3-5-7-14/h3-8,10H,9H2,1-2H3,(H,22,23,25). The van der Waals surface area contributed by atoms with Gasteiger partial charge in [-0.1, -0.05) is 30.3 Å². The van der Waals surface area contributed by atoms with Crippen molar-refractivity contribution in [2.75, 3.05) is 16.8 Å². The van der Waals surface area contributed by atoms with E-state index in [2.05, 4.69) is 20.3 Å². The van der Waals surface area contributed by atoms with Crippen LogP contribution >= 0.6 is 11.3 Å². The molecule has 0 radical (unpaired) electrons. The van der Waals surface area contributed by atoms with Crippen molar-refractivity contribution >= 4 is 28.3 Å². The lowest BCUT2D eigenvalue weighted by Crippen LogP contribution is -2.31. The number of carbonyl (C=O) groups excluding carboxylic acids is 1. The Morgan fingerprint density at radius 2 is 1.88 bits per heavy atom.